The summed E-state index contributed by atoms with van der Waals surface area (Å²) in [6, 6.07) is 1.74. The molecule has 1 aliphatic heterocycles. The Kier molecular flexibility index (Phi) is 4.26. The molecule has 2 aromatic heterocycles. The Bertz CT molecular complexity index is 725. The Hall–Kier alpha value is -2.43. The lowest BCUT2D eigenvalue weighted by molar-refractivity contribution is -0.144. The Morgan fingerprint density at radius 1 is 1.50 bits per heavy atom. The normalized spacial score (nSPS) is 21.7. The molecule has 2 N–H and O–H groups in total. The maximum absolute atomic E-state index is 12.5. The summed E-state index contributed by atoms with van der Waals surface area (Å²) in [4.78, 5) is 15.7. The lowest BCUT2D eigenvalue weighted by Gasteiger charge is -2.30. The van der Waals surface area contributed by atoms with E-state index < -0.39 is 35.9 Å². The van der Waals surface area contributed by atoms with Gasteiger partial charge in [-0.25, -0.2) is 0 Å². The predicted octanol–water partition coefficient (Wildman–Crippen LogP) is 1.66. The number of aromatic nitrogens is 5. The number of nitrogens with zero attached hydrogens (tertiary/aromatic N) is 4. The number of anilines is 1. The van der Waals surface area contributed by atoms with E-state index in [1.807, 2.05) is 0 Å². The molecule has 0 aromatic carbocycles. The largest absolute Gasteiger partial charge is 0.451 e. The second-order valence-corrected chi connectivity index (χ2v) is 5.41. The molecule has 0 bridgehead atoms. The first kappa shape index (κ1) is 16.4. The number of aryl methyl sites for hydroxylation is 1. The molecule has 11 heteroatoms. The zero-order valence-corrected chi connectivity index (χ0v) is 12.7. The third-order valence-corrected chi connectivity index (χ3v) is 3.80. The predicted molar refractivity (Wildman–Crippen MR) is 74.6 cm³/mol. The number of carbonyl (C=O) groups excluding carboxylic acids is 1. The number of rotatable bonds is 3. The van der Waals surface area contributed by atoms with E-state index in [-0.39, 0.29) is 0 Å². The lowest BCUT2D eigenvalue weighted by atomic mass is 9.91. The van der Waals surface area contributed by atoms with Crippen molar-refractivity contribution in [2.75, 3.05) is 11.9 Å². The number of amides is 1. The van der Waals surface area contributed by atoms with Gasteiger partial charge < -0.3 is 4.74 Å². The van der Waals surface area contributed by atoms with Crippen molar-refractivity contribution in [1.29, 1.82) is 0 Å². The monoisotopic (exact) mass is 344 g/mol. The number of nitrogens with one attached hydrogen (secondary N) is 2. The molecular formula is C13H15F3N6O2. The molecule has 0 unspecified atom stereocenters. The summed E-state index contributed by atoms with van der Waals surface area (Å²) >= 11 is 0. The number of ether oxygens (including phenoxy) is 1. The van der Waals surface area contributed by atoms with Gasteiger partial charge in [-0.1, -0.05) is 0 Å². The van der Waals surface area contributed by atoms with Crippen LogP contribution in [0.5, 0.6) is 0 Å². The van der Waals surface area contributed by atoms with Gasteiger partial charge in [0.1, 0.15) is 6.10 Å². The summed E-state index contributed by atoms with van der Waals surface area (Å²) in [5, 5.41) is 11.5. The molecule has 0 spiro atoms. The van der Waals surface area contributed by atoms with Crippen LogP contribution in [0.3, 0.4) is 0 Å². The topological polar surface area (TPSA) is 97.7 Å². The molecule has 3 heterocycles. The summed E-state index contributed by atoms with van der Waals surface area (Å²) in [6.45, 7) is 0.499. The lowest BCUT2D eigenvalue weighted by Crippen LogP contribution is -2.34. The van der Waals surface area contributed by atoms with Gasteiger partial charge in [-0.2, -0.15) is 23.3 Å². The van der Waals surface area contributed by atoms with Crippen LogP contribution in [0.15, 0.2) is 12.3 Å². The van der Waals surface area contributed by atoms with Gasteiger partial charge in [-0.15, -0.1) is 5.10 Å². The van der Waals surface area contributed by atoms with Gasteiger partial charge in [-0.05, 0) is 18.9 Å². The van der Waals surface area contributed by atoms with E-state index >= 15 is 0 Å². The molecule has 1 fully saturated rings. The molecule has 1 saturated heterocycles. The molecule has 24 heavy (non-hydrogen) atoms. The summed E-state index contributed by atoms with van der Waals surface area (Å²) in [7, 11) is 1.73. The fourth-order valence-corrected chi connectivity index (χ4v) is 2.65. The number of hydrogen-bond acceptors (Lipinski definition) is 5. The van der Waals surface area contributed by atoms with E-state index in [1.165, 1.54) is 0 Å². The number of halogens is 3. The first-order valence-corrected chi connectivity index (χ1v) is 7.26. The van der Waals surface area contributed by atoms with Crippen molar-refractivity contribution in [3.05, 3.63) is 23.8 Å². The summed E-state index contributed by atoms with van der Waals surface area (Å²) in [6.07, 6.45) is -2.37. The average molecular weight is 344 g/mol. The van der Waals surface area contributed by atoms with Crippen LogP contribution in [0.2, 0.25) is 0 Å². The number of H-pyrrole nitrogens is 1. The van der Waals surface area contributed by atoms with Gasteiger partial charge in [-0.3, -0.25) is 19.9 Å². The van der Waals surface area contributed by atoms with Gasteiger partial charge in [0.2, 0.25) is 17.7 Å². The van der Waals surface area contributed by atoms with Crippen LogP contribution >= 0.6 is 0 Å². The average Bonchev–Trinajstić information content (AvgIpc) is 3.16. The minimum atomic E-state index is -4.65. The molecule has 2 atom stereocenters. The highest BCUT2D eigenvalue weighted by atomic mass is 19.4. The molecule has 130 valence electrons. The van der Waals surface area contributed by atoms with E-state index in [9.17, 15) is 18.0 Å². The second kappa shape index (κ2) is 6.23. The van der Waals surface area contributed by atoms with Crippen molar-refractivity contribution in [3.8, 4) is 0 Å². The van der Waals surface area contributed by atoms with E-state index in [4.69, 9.17) is 4.74 Å². The molecule has 1 aliphatic rings. The second-order valence-electron chi connectivity index (χ2n) is 5.41. The van der Waals surface area contributed by atoms with Gasteiger partial charge in [0, 0.05) is 19.9 Å². The zero-order valence-electron chi connectivity index (χ0n) is 12.7. The number of alkyl halides is 3. The Balaban J connectivity index is 1.75. The van der Waals surface area contributed by atoms with Crippen LogP contribution in [0.4, 0.5) is 19.1 Å². The highest BCUT2D eigenvalue weighted by Gasteiger charge is 2.37. The van der Waals surface area contributed by atoms with E-state index in [2.05, 4.69) is 20.5 Å². The van der Waals surface area contributed by atoms with Crippen molar-refractivity contribution in [2.45, 2.75) is 25.1 Å². The third kappa shape index (κ3) is 3.25. The molecule has 0 saturated carbocycles. The highest BCUT2D eigenvalue weighted by molar-refractivity contribution is 5.91. The molecule has 0 aliphatic carbocycles. The third-order valence-electron chi connectivity index (χ3n) is 3.80. The summed E-state index contributed by atoms with van der Waals surface area (Å²) < 4.78 is 44.8. The van der Waals surface area contributed by atoms with Crippen molar-refractivity contribution in [1.82, 2.24) is 25.0 Å². The van der Waals surface area contributed by atoms with E-state index in [1.54, 1.807) is 29.1 Å². The SMILES string of the molecule is Cn1nccc1[C@@H]1OCCC[C@H]1C(=O)Nc1n[nH]c(C(F)(F)F)n1. The molecule has 1 amide bonds. The van der Waals surface area contributed by atoms with Crippen molar-refractivity contribution in [2.24, 2.45) is 13.0 Å². The molecular weight excluding hydrogens is 329 g/mol. The standard InChI is InChI=1S/C13H15F3N6O2/c1-22-8(4-5-17-22)9-7(3-2-6-24-9)10(23)18-12-19-11(20-21-12)13(14,15)16/h4-5,7,9H,2-3,6H2,1H3,(H2,18,19,20,21,23)/t7-,9-/m1/s1. The summed E-state index contributed by atoms with van der Waals surface area (Å²) in [5.41, 5.74) is 0.723. The van der Waals surface area contributed by atoms with Crippen LogP contribution in [-0.2, 0) is 22.8 Å². The van der Waals surface area contributed by atoms with Crippen LogP contribution in [0.1, 0.15) is 30.5 Å². The van der Waals surface area contributed by atoms with Gasteiger partial charge in [0.15, 0.2) is 0 Å². The maximum atomic E-state index is 12.5. The molecule has 0 radical (unpaired) electrons. The quantitative estimate of drug-likeness (QED) is 0.883. The maximum Gasteiger partial charge on any atom is 0.451 e. The van der Waals surface area contributed by atoms with Gasteiger partial charge >= 0.3 is 6.18 Å². The van der Waals surface area contributed by atoms with E-state index in [0.717, 1.165) is 5.69 Å². The van der Waals surface area contributed by atoms with E-state index in [0.29, 0.717) is 19.4 Å². The molecule has 3 rings (SSSR count). The van der Waals surface area contributed by atoms with Gasteiger partial charge in [0.25, 0.3) is 0 Å². The fraction of sp³-hybridized carbons (Fsp3) is 0.538. The molecule has 2 aromatic rings. The zero-order chi connectivity index (χ0) is 17.3. The first-order chi connectivity index (χ1) is 11.4. The fourth-order valence-electron chi connectivity index (χ4n) is 2.65. The molecule has 8 nitrogen and oxygen atoms in total. The van der Waals surface area contributed by atoms with Crippen molar-refractivity contribution < 1.29 is 22.7 Å². The van der Waals surface area contributed by atoms with Crippen LogP contribution < -0.4 is 5.32 Å². The number of aromatic amines is 1. The van der Waals surface area contributed by atoms with Gasteiger partial charge in [0.05, 0.1) is 11.6 Å². The Morgan fingerprint density at radius 3 is 2.92 bits per heavy atom. The minimum absolute atomic E-state index is 0.415. The van der Waals surface area contributed by atoms with Crippen LogP contribution in [-0.4, -0.2) is 37.5 Å². The van der Waals surface area contributed by atoms with Crippen molar-refractivity contribution >= 4 is 11.9 Å². The Morgan fingerprint density at radius 2 is 2.29 bits per heavy atom. The number of carbonyl (C=O) groups is 1. The van der Waals surface area contributed by atoms with Crippen LogP contribution in [0.25, 0.3) is 0 Å². The summed E-state index contributed by atoms with van der Waals surface area (Å²) in [5.74, 6) is -2.74. The Labute approximate surface area is 134 Å². The van der Waals surface area contributed by atoms with Crippen LogP contribution in [0, 0.1) is 5.92 Å². The highest BCUT2D eigenvalue weighted by Crippen LogP contribution is 2.34. The number of hydrogen-bond donors (Lipinski definition) is 2. The first-order valence-electron chi connectivity index (χ1n) is 7.26. The minimum Gasteiger partial charge on any atom is -0.371 e. The smallest absolute Gasteiger partial charge is 0.371 e. The van der Waals surface area contributed by atoms with Crippen molar-refractivity contribution in [3.63, 3.8) is 0 Å².